The number of nitrogens with one attached hydrogen (secondary N) is 1. The van der Waals surface area contributed by atoms with Gasteiger partial charge in [0, 0.05) is 35.7 Å². The molecule has 1 aliphatic carbocycles. The summed E-state index contributed by atoms with van der Waals surface area (Å²) >= 11 is 1.61. The maximum atomic E-state index is 13.6. The first-order valence-electron chi connectivity index (χ1n) is 10.3. The van der Waals surface area contributed by atoms with Crippen LogP contribution in [0.2, 0.25) is 0 Å². The molecular weight excluding hydrogens is 385 g/mol. The highest BCUT2D eigenvalue weighted by molar-refractivity contribution is 7.96. The number of likely N-dealkylation sites (tertiary alicyclic amines) is 1. The zero-order valence-corrected chi connectivity index (χ0v) is 17.8. The Morgan fingerprint density at radius 3 is 2.79 bits per heavy atom. The van der Waals surface area contributed by atoms with E-state index in [0.717, 1.165) is 49.2 Å². The van der Waals surface area contributed by atoms with Crippen molar-refractivity contribution in [3.63, 3.8) is 0 Å². The molecule has 2 atom stereocenters. The van der Waals surface area contributed by atoms with E-state index in [2.05, 4.69) is 16.5 Å². The number of carbonyl (C=O) groups excluding carboxylic acids is 1. The average molecular weight is 414 g/mol. The number of aromatic nitrogens is 1. The fourth-order valence-corrected chi connectivity index (χ4v) is 5.11. The molecule has 0 spiro atoms. The summed E-state index contributed by atoms with van der Waals surface area (Å²) in [4.78, 5) is 20.1. The number of carbonyl (C=O) groups is 1. The molecule has 0 bridgehead atoms. The van der Waals surface area contributed by atoms with Crippen LogP contribution in [0.3, 0.4) is 0 Å². The Balaban J connectivity index is 1.57. The van der Waals surface area contributed by atoms with E-state index in [4.69, 9.17) is 4.98 Å². The van der Waals surface area contributed by atoms with Gasteiger partial charge < -0.3 is 4.90 Å². The Labute approximate surface area is 176 Å². The minimum absolute atomic E-state index is 0.0858. The molecule has 1 saturated heterocycles. The highest BCUT2D eigenvalue weighted by atomic mass is 32.2. The molecule has 2 aliphatic rings. The Hall–Kier alpha value is -1.92. The van der Waals surface area contributed by atoms with E-state index in [9.17, 15) is 9.18 Å². The second kappa shape index (κ2) is 8.44. The standard InChI is InChI=1S/C23H28FN3OS/c1-23(11-5-12-23)22(28)27-13-10-20(26-29-2)21(27)15-18-8-4-9-19(25-18)16-6-3-7-17(24)14-16/h3-4,6-9,14,20-21,26H,5,10-13,15H2,1-2H3. The fourth-order valence-electron chi connectivity index (χ4n) is 4.53. The van der Waals surface area contributed by atoms with Crippen molar-refractivity contribution >= 4 is 17.9 Å². The van der Waals surface area contributed by atoms with Crippen molar-refractivity contribution in [2.24, 2.45) is 5.41 Å². The topological polar surface area (TPSA) is 45.2 Å². The molecule has 1 aliphatic heterocycles. The van der Waals surface area contributed by atoms with Crippen LogP contribution in [0.25, 0.3) is 11.3 Å². The molecule has 29 heavy (non-hydrogen) atoms. The SMILES string of the molecule is CSNC1CCN(C(=O)C2(C)CCC2)C1Cc1cccc(-c2cccc(F)c2)n1. The molecule has 2 unspecified atom stereocenters. The zero-order valence-electron chi connectivity index (χ0n) is 17.0. The zero-order chi connectivity index (χ0) is 20.4. The second-order valence-corrected chi connectivity index (χ2v) is 9.07. The molecule has 1 amide bonds. The molecule has 1 saturated carbocycles. The fraction of sp³-hybridized carbons (Fsp3) is 0.478. The van der Waals surface area contributed by atoms with Crippen LogP contribution in [0.1, 0.15) is 38.3 Å². The maximum absolute atomic E-state index is 13.6. The van der Waals surface area contributed by atoms with E-state index in [1.807, 2.05) is 30.5 Å². The van der Waals surface area contributed by atoms with Gasteiger partial charge in [0.25, 0.3) is 0 Å². The summed E-state index contributed by atoms with van der Waals surface area (Å²) in [5.74, 6) is 0.0284. The third-order valence-corrected chi connectivity index (χ3v) is 6.93. The molecule has 6 heteroatoms. The average Bonchev–Trinajstić information content (AvgIpc) is 3.08. The normalized spacial score (nSPS) is 23.1. The lowest BCUT2D eigenvalue weighted by Gasteiger charge is -2.42. The van der Waals surface area contributed by atoms with Gasteiger partial charge in [-0.2, -0.15) is 0 Å². The van der Waals surface area contributed by atoms with Gasteiger partial charge in [-0.1, -0.05) is 43.5 Å². The van der Waals surface area contributed by atoms with Gasteiger partial charge in [0.2, 0.25) is 5.91 Å². The number of rotatable bonds is 6. The van der Waals surface area contributed by atoms with Gasteiger partial charge in [0.05, 0.1) is 11.7 Å². The van der Waals surface area contributed by atoms with Gasteiger partial charge in [-0.15, -0.1) is 0 Å². The van der Waals surface area contributed by atoms with Crippen molar-refractivity contribution in [2.45, 2.75) is 51.1 Å². The van der Waals surface area contributed by atoms with E-state index in [-0.39, 0.29) is 23.3 Å². The summed E-state index contributed by atoms with van der Waals surface area (Å²) in [7, 11) is 0. The van der Waals surface area contributed by atoms with E-state index in [1.165, 1.54) is 12.1 Å². The molecule has 2 fully saturated rings. The van der Waals surface area contributed by atoms with Crippen molar-refractivity contribution in [2.75, 3.05) is 12.8 Å². The van der Waals surface area contributed by atoms with Crippen molar-refractivity contribution in [1.82, 2.24) is 14.6 Å². The summed E-state index contributed by atoms with van der Waals surface area (Å²) in [6.45, 7) is 2.90. The van der Waals surface area contributed by atoms with Crippen LogP contribution in [0.15, 0.2) is 42.5 Å². The third-order valence-electron chi connectivity index (χ3n) is 6.39. The minimum atomic E-state index is -0.264. The Morgan fingerprint density at radius 2 is 2.10 bits per heavy atom. The van der Waals surface area contributed by atoms with Gasteiger partial charge in [0.1, 0.15) is 5.82 Å². The molecule has 1 aromatic carbocycles. The Morgan fingerprint density at radius 1 is 1.31 bits per heavy atom. The third kappa shape index (κ3) is 4.19. The van der Waals surface area contributed by atoms with Crippen LogP contribution in [0.4, 0.5) is 4.39 Å². The van der Waals surface area contributed by atoms with Crippen LogP contribution in [-0.2, 0) is 11.2 Å². The van der Waals surface area contributed by atoms with Crippen LogP contribution in [-0.4, -0.2) is 40.7 Å². The minimum Gasteiger partial charge on any atom is -0.337 e. The maximum Gasteiger partial charge on any atom is 0.228 e. The van der Waals surface area contributed by atoms with E-state index >= 15 is 0 Å². The predicted octanol–water partition coefficient (Wildman–Crippen LogP) is 4.46. The lowest BCUT2D eigenvalue weighted by Crippen LogP contribution is -2.51. The lowest BCUT2D eigenvalue weighted by molar-refractivity contribution is -0.147. The van der Waals surface area contributed by atoms with Crippen molar-refractivity contribution in [3.05, 3.63) is 54.0 Å². The molecular formula is C23H28FN3OS. The monoisotopic (exact) mass is 413 g/mol. The number of nitrogens with zero attached hydrogens (tertiary/aromatic N) is 2. The second-order valence-electron chi connectivity index (χ2n) is 8.43. The number of benzene rings is 1. The van der Waals surface area contributed by atoms with E-state index in [0.29, 0.717) is 12.3 Å². The van der Waals surface area contributed by atoms with Gasteiger partial charge in [0.15, 0.2) is 0 Å². The van der Waals surface area contributed by atoms with Crippen molar-refractivity contribution < 1.29 is 9.18 Å². The first kappa shape index (κ1) is 20.4. The molecule has 0 radical (unpaired) electrons. The van der Waals surface area contributed by atoms with Crippen LogP contribution >= 0.6 is 11.9 Å². The number of amides is 1. The summed E-state index contributed by atoms with van der Waals surface area (Å²) in [5.41, 5.74) is 2.27. The van der Waals surface area contributed by atoms with Crippen molar-refractivity contribution in [3.8, 4) is 11.3 Å². The van der Waals surface area contributed by atoms with E-state index < -0.39 is 0 Å². The molecule has 154 valence electrons. The first-order valence-corrected chi connectivity index (χ1v) is 11.5. The number of hydrogen-bond acceptors (Lipinski definition) is 4. The first-order chi connectivity index (χ1) is 14.0. The van der Waals surface area contributed by atoms with Gasteiger partial charge in [-0.3, -0.25) is 14.5 Å². The number of halogens is 1. The molecule has 4 nitrogen and oxygen atoms in total. The van der Waals surface area contributed by atoms with Crippen molar-refractivity contribution in [1.29, 1.82) is 0 Å². The Kier molecular flexibility index (Phi) is 5.93. The molecule has 1 N–H and O–H groups in total. The molecule has 2 aromatic rings. The smallest absolute Gasteiger partial charge is 0.228 e. The van der Waals surface area contributed by atoms with Crippen LogP contribution < -0.4 is 4.72 Å². The number of pyridine rings is 1. The molecule has 2 heterocycles. The summed E-state index contributed by atoms with van der Waals surface area (Å²) in [6.07, 6.45) is 6.80. The van der Waals surface area contributed by atoms with Gasteiger partial charge >= 0.3 is 0 Å². The van der Waals surface area contributed by atoms with Gasteiger partial charge in [-0.25, -0.2) is 4.39 Å². The quantitative estimate of drug-likeness (QED) is 0.711. The van der Waals surface area contributed by atoms with Crippen LogP contribution in [0, 0.1) is 11.2 Å². The van der Waals surface area contributed by atoms with E-state index in [1.54, 1.807) is 18.0 Å². The largest absolute Gasteiger partial charge is 0.337 e. The highest BCUT2D eigenvalue weighted by Gasteiger charge is 2.47. The molecule has 4 rings (SSSR count). The Bertz CT molecular complexity index is 886. The number of hydrogen-bond donors (Lipinski definition) is 1. The summed E-state index contributed by atoms with van der Waals surface area (Å²) in [6, 6.07) is 12.7. The lowest BCUT2D eigenvalue weighted by atomic mass is 9.69. The summed E-state index contributed by atoms with van der Waals surface area (Å²) in [5, 5.41) is 0. The highest BCUT2D eigenvalue weighted by Crippen LogP contribution is 2.43. The predicted molar refractivity (Wildman–Crippen MR) is 116 cm³/mol. The molecule has 1 aromatic heterocycles. The summed E-state index contributed by atoms with van der Waals surface area (Å²) < 4.78 is 17.1. The van der Waals surface area contributed by atoms with Crippen LogP contribution in [0.5, 0.6) is 0 Å². The van der Waals surface area contributed by atoms with Gasteiger partial charge in [-0.05, 0) is 49.8 Å².